The van der Waals surface area contributed by atoms with Crippen LogP contribution in [0.3, 0.4) is 0 Å². The molecule has 0 aromatic heterocycles. The number of aryl methyl sites for hydroxylation is 1. The molecular formula is C18H20O. The van der Waals surface area contributed by atoms with Gasteiger partial charge in [0.25, 0.3) is 0 Å². The molecule has 0 radical (unpaired) electrons. The fourth-order valence-electron chi connectivity index (χ4n) is 2.31. The van der Waals surface area contributed by atoms with Crippen molar-refractivity contribution in [2.24, 2.45) is 0 Å². The molecule has 19 heavy (non-hydrogen) atoms. The summed E-state index contributed by atoms with van der Waals surface area (Å²) in [6, 6.07) is 15.7. The second-order valence-electron chi connectivity index (χ2n) is 5.94. The molecule has 0 saturated heterocycles. The third-order valence-corrected chi connectivity index (χ3v) is 3.37. The van der Waals surface area contributed by atoms with Gasteiger partial charge < -0.3 is 0 Å². The van der Waals surface area contributed by atoms with Gasteiger partial charge >= 0.3 is 0 Å². The highest BCUT2D eigenvalue weighted by Crippen LogP contribution is 2.27. The van der Waals surface area contributed by atoms with Crippen LogP contribution in [0, 0.1) is 6.92 Å². The van der Waals surface area contributed by atoms with Crippen LogP contribution in [0.25, 0.3) is 0 Å². The van der Waals surface area contributed by atoms with E-state index in [1.807, 2.05) is 55.5 Å². The Hall–Kier alpha value is -1.89. The molecule has 0 aliphatic heterocycles. The number of hydrogen-bond donors (Lipinski definition) is 0. The molecule has 0 heterocycles. The predicted octanol–water partition coefficient (Wildman–Crippen LogP) is 4.52. The van der Waals surface area contributed by atoms with E-state index in [4.69, 9.17) is 0 Å². The molecule has 0 fully saturated rings. The summed E-state index contributed by atoms with van der Waals surface area (Å²) in [6.45, 7) is 8.39. The first-order chi connectivity index (χ1) is 8.91. The van der Waals surface area contributed by atoms with E-state index in [0.717, 1.165) is 22.3 Å². The van der Waals surface area contributed by atoms with Gasteiger partial charge in [0.15, 0.2) is 5.78 Å². The van der Waals surface area contributed by atoms with Crippen LogP contribution in [-0.2, 0) is 5.41 Å². The van der Waals surface area contributed by atoms with E-state index in [0.29, 0.717) is 0 Å². The molecule has 0 unspecified atom stereocenters. The molecule has 0 atom stereocenters. The summed E-state index contributed by atoms with van der Waals surface area (Å²) in [6.07, 6.45) is 0. The summed E-state index contributed by atoms with van der Waals surface area (Å²) in [5, 5.41) is 0. The van der Waals surface area contributed by atoms with Gasteiger partial charge in [-0.1, -0.05) is 69.3 Å². The molecule has 0 N–H and O–H groups in total. The summed E-state index contributed by atoms with van der Waals surface area (Å²) in [5.74, 6) is 0.114. The molecule has 1 heteroatoms. The molecule has 1 nitrogen and oxygen atoms in total. The Morgan fingerprint density at radius 2 is 1.37 bits per heavy atom. The predicted molar refractivity (Wildman–Crippen MR) is 79.8 cm³/mol. The van der Waals surface area contributed by atoms with E-state index in [1.165, 1.54) is 0 Å². The molecule has 2 rings (SSSR count). The lowest BCUT2D eigenvalue weighted by atomic mass is 9.81. The van der Waals surface area contributed by atoms with Crippen molar-refractivity contribution in [3.63, 3.8) is 0 Å². The van der Waals surface area contributed by atoms with Gasteiger partial charge in [-0.05, 0) is 23.5 Å². The van der Waals surface area contributed by atoms with E-state index < -0.39 is 0 Å². The minimum atomic E-state index is -0.0328. The SMILES string of the molecule is Cc1ccccc1C(=O)c1ccccc1C(C)(C)C. The molecule has 0 bridgehead atoms. The van der Waals surface area contributed by atoms with E-state index >= 15 is 0 Å². The molecular weight excluding hydrogens is 232 g/mol. The van der Waals surface area contributed by atoms with Crippen LogP contribution < -0.4 is 0 Å². The maximum absolute atomic E-state index is 12.7. The van der Waals surface area contributed by atoms with Gasteiger partial charge in [0.1, 0.15) is 0 Å². The number of hydrogen-bond acceptors (Lipinski definition) is 1. The van der Waals surface area contributed by atoms with Crippen LogP contribution in [0.15, 0.2) is 48.5 Å². The van der Waals surface area contributed by atoms with Gasteiger partial charge in [-0.2, -0.15) is 0 Å². The van der Waals surface area contributed by atoms with Gasteiger partial charge in [-0.3, -0.25) is 4.79 Å². The van der Waals surface area contributed by atoms with Crippen molar-refractivity contribution in [1.82, 2.24) is 0 Å². The highest BCUT2D eigenvalue weighted by molar-refractivity contribution is 6.10. The number of benzene rings is 2. The average molecular weight is 252 g/mol. The molecule has 0 aliphatic carbocycles. The maximum atomic E-state index is 12.7. The molecule has 0 aliphatic rings. The van der Waals surface area contributed by atoms with Crippen LogP contribution in [0.4, 0.5) is 0 Å². The quantitative estimate of drug-likeness (QED) is 0.718. The fourth-order valence-corrected chi connectivity index (χ4v) is 2.31. The van der Waals surface area contributed by atoms with Crippen LogP contribution in [0.5, 0.6) is 0 Å². The minimum absolute atomic E-state index is 0.0328. The van der Waals surface area contributed by atoms with Crippen LogP contribution in [-0.4, -0.2) is 5.78 Å². The number of rotatable bonds is 2. The summed E-state index contributed by atoms with van der Waals surface area (Å²) in [7, 11) is 0. The summed E-state index contributed by atoms with van der Waals surface area (Å²) < 4.78 is 0. The molecule has 2 aromatic rings. The highest BCUT2D eigenvalue weighted by atomic mass is 16.1. The first-order valence-corrected chi connectivity index (χ1v) is 6.61. The topological polar surface area (TPSA) is 17.1 Å². The van der Waals surface area contributed by atoms with Crippen molar-refractivity contribution in [3.05, 3.63) is 70.8 Å². The van der Waals surface area contributed by atoms with Gasteiger partial charge in [0.2, 0.25) is 0 Å². The van der Waals surface area contributed by atoms with Crippen molar-refractivity contribution in [2.75, 3.05) is 0 Å². The number of carbonyl (C=O) groups excluding carboxylic acids is 1. The average Bonchev–Trinajstić information content (AvgIpc) is 2.37. The van der Waals surface area contributed by atoms with Gasteiger partial charge in [0, 0.05) is 11.1 Å². The monoisotopic (exact) mass is 252 g/mol. The molecule has 0 spiro atoms. The van der Waals surface area contributed by atoms with Crippen LogP contribution in [0.2, 0.25) is 0 Å². The molecule has 98 valence electrons. The van der Waals surface area contributed by atoms with E-state index in [-0.39, 0.29) is 11.2 Å². The fraction of sp³-hybridized carbons (Fsp3) is 0.278. The van der Waals surface area contributed by atoms with Crippen LogP contribution in [0.1, 0.15) is 47.8 Å². The van der Waals surface area contributed by atoms with Crippen molar-refractivity contribution in [2.45, 2.75) is 33.1 Å². The lowest BCUT2D eigenvalue weighted by Gasteiger charge is -2.22. The zero-order valence-electron chi connectivity index (χ0n) is 12.0. The van der Waals surface area contributed by atoms with Gasteiger partial charge in [-0.15, -0.1) is 0 Å². The molecule has 2 aromatic carbocycles. The third kappa shape index (κ3) is 2.76. The lowest BCUT2D eigenvalue weighted by Crippen LogP contribution is -2.17. The zero-order chi connectivity index (χ0) is 14.0. The van der Waals surface area contributed by atoms with Crippen molar-refractivity contribution in [3.8, 4) is 0 Å². The Morgan fingerprint density at radius 3 is 1.95 bits per heavy atom. The first kappa shape index (κ1) is 13.5. The minimum Gasteiger partial charge on any atom is -0.289 e. The van der Waals surface area contributed by atoms with Crippen molar-refractivity contribution in [1.29, 1.82) is 0 Å². The second kappa shape index (κ2) is 5.00. The number of carbonyl (C=O) groups is 1. The summed E-state index contributed by atoms with van der Waals surface area (Å²) in [5.41, 5.74) is 3.69. The lowest BCUT2D eigenvalue weighted by molar-refractivity contribution is 0.103. The zero-order valence-corrected chi connectivity index (χ0v) is 12.0. The first-order valence-electron chi connectivity index (χ1n) is 6.61. The molecule has 0 amide bonds. The van der Waals surface area contributed by atoms with Gasteiger partial charge in [0.05, 0.1) is 0 Å². The smallest absolute Gasteiger partial charge is 0.193 e. The Bertz CT molecular complexity index is 603. The second-order valence-corrected chi connectivity index (χ2v) is 5.94. The normalized spacial score (nSPS) is 11.4. The van der Waals surface area contributed by atoms with Crippen LogP contribution >= 0.6 is 0 Å². The molecule has 0 saturated carbocycles. The highest BCUT2D eigenvalue weighted by Gasteiger charge is 2.22. The summed E-state index contributed by atoms with van der Waals surface area (Å²) >= 11 is 0. The summed E-state index contributed by atoms with van der Waals surface area (Å²) in [4.78, 5) is 12.7. The van der Waals surface area contributed by atoms with E-state index in [9.17, 15) is 4.79 Å². The Labute approximate surface area is 115 Å². The Kier molecular flexibility index (Phi) is 3.57. The Balaban J connectivity index is 2.55. The largest absolute Gasteiger partial charge is 0.289 e. The van der Waals surface area contributed by atoms with E-state index in [1.54, 1.807) is 0 Å². The van der Waals surface area contributed by atoms with Crippen molar-refractivity contribution < 1.29 is 4.79 Å². The third-order valence-electron chi connectivity index (χ3n) is 3.37. The standard InChI is InChI=1S/C18H20O/c1-13-9-5-6-10-14(13)17(19)15-11-7-8-12-16(15)18(2,3)4/h5-12H,1-4H3. The van der Waals surface area contributed by atoms with E-state index in [2.05, 4.69) is 20.8 Å². The number of ketones is 1. The maximum Gasteiger partial charge on any atom is 0.193 e. The Morgan fingerprint density at radius 1 is 0.842 bits per heavy atom. The van der Waals surface area contributed by atoms with Gasteiger partial charge in [-0.25, -0.2) is 0 Å². The van der Waals surface area contributed by atoms with Crippen molar-refractivity contribution >= 4 is 5.78 Å².